The molecule has 0 spiro atoms. The number of rotatable bonds is 5. The summed E-state index contributed by atoms with van der Waals surface area (Å²) in [5.74, 6) is -0.155. The minimum absolute atomic E-state index is 0.113. The maximum Gasteiger partial charge on any atom is 0.281 e. The Bertz CT molecular complexity index is 1290. The number of carbonyl (C=O) groups is 1. The van der Waals surface area contributed by atoms with Crippen molar-refractivity contribution in [2.75, 3.05) is 0 Å². The summed E-state index contributed by atoms with van der Waals surface area (Å²) in [6.07, 6.45) is 1.68. The molecule has 7 heteroatoms. The molecule has 0 fully saturated rings. The van der Waals surface area contributed by atoms with Gasteiger partial charge in [0.15, 0.2) is 0 Å². The number of nitrogens with zero attached hydrogens (tertiary/aromatic N) is 3. The molecule has 0 unspecified atom stereocenters. The fraction of sp³-hybridized carbons (Fsp3) is 0.174. The van der Waals surface area contributed by atoms with Crippen molar-refractivity contribution < 1.29 is 4.79 Å². The van der Waals surface area contributed by atoms with E-state index in [2.05, 4.69) is 10.4 Å². The molecule has 152 valence electrons. The Hall–Kier alpha value is -3.38. The average Bonchev–Trinajstić information content (AvgIpc) is 2.99. The molecule has 0 atom stereocenters. The maximum atomic E-state index is 13.1. The van der Waals surface area contributed by atoms with Crippen molar-refractivity contribution in [1.82, 2.24) is 19.7 Å². The van der Waals surface area contributed by atoms with Gasteiger partial charge in [-0.1, -0.05) is 48.0 Å². The number of carbonyl (C=O) groups excluding carboxylic acids is 1. The van der Waals surface area contributed by atoms with Gasteiger partial charge in [0.2, 0.25) is 5.91 Å². The number of hydrogen-bond acceptors (Lipinski definition) is 3. The van der Waals surface area contributed by atoms with E-state index in [0.29, 0.717) is 22.6 Å². The van der Waals surface area contributed by atoms with Crippen molar-refractivity contribution in [1.29, 1.82) is 0 Å². The molecule has 2 aromatic heterocycles. The second kappa shape index (κ2) is 8.16. The summed E-state index contributed by atoms with van der Waals surface area (Å²) < 4.78 is 3.24. The van der Waals surface area contributed by atoms with Crippen LogP contribution in [0.3, 0.4) is 0 Å². The molecule has 0 saturated heterocycles. The molecule has 30 heavy (non-hydrogen) atoms. The van der Waals surface area contributed by atoms with Gasteiger partial charge in [-0.3, -0.25) is 9.59 Å². The summed E-state index contributed by atoms with van der Waals surface area (Å²) in [4.78, 5) is 25.7. The molecule has 0 bridgehead atoms. The molecule has 0 saturated carbocycles. The lowest BCUT2D eigenvalue weighted by atomic mass is 10.2. The highest BCUT2D eigenvalue weighted by Gasteiger charge is 2.18. The van der Waals surface area contributed by atoms with E-state index >= 15 is 0 Å². The predicted octanol–water partition coefficient (Wildman–Crippen LogP) is 3.77. The van der Waals surface area contributed by atoms with Crippen LogP contribution in [0.5, 0.6) is 0 Å². The molecule has 0 aliphatic heterocycles. The summed E-state index contributed by atoms with van der Waals surface area (Å²) in [5, 5.41) is 9.17. The van der Waals surface area contributed by atoms with E-state index in [4.69, 9.17) is 11.6 Å². The third-order valence-corrected chi connectivity index (χ3v) is 5.64. The highest BCUT2D eigenvalue weighted by molar-refractivity contribution is 6.31. The van der Waals surface area contributed by atoms with E-state index < -0.39 is 0 Å². The van der Waals surface area contributed by atoms with Gasteiger partial charge in [-0.05, 0) is 37.6 Å². The largest absolute Gasteiger partial charge is 0.350 e. The predicted molar refractivity (Wildman–Crippen MR) is 118 cm³/mol. The van der Waals surface area contributed by atoms with Gasteiger partial charge in [0.05, 0.1) is 17.3 Å². The molecule has 1 N–H and O–H groups in total. The van der Waals surface area contributed by atoms with Gasteiger partial charge < -0.3 is 9.88 Å². The van der Waals surface area contributed by atoms with Gasteiger partial charge in [0, 0.05) is 28.3 Å². The summed E-state index contributed by atoms with van der Waals surface area (Å²) in [5.41, 5.74) is 2.93. The number of fused-ring (bicyclic) bond motifs is 1. The molecule has 4 aromatic rings. The first-order valence-corrected chi connectivity index (χ1v) is 9.98. The van der Waals surface area contributed by atoms with Crippen LogP contribution >= 0.6 is 11.6 Å². The molecule has 0 aliphatic carbocycles. The SMILES string of the molecule is Cc1c2cnn(-c3ccccc3)c(=O)c2c(C)n1CC(=O)NCc1ccccc1Cl. The third-order valence-electron chi connectivity index (χ3n) is 5.28. The minimum atomic E-state index is -0.200. The van der Waals surface area contributed by atoms with Crippen LogP contribution in [0.1, 0.15) is 17.0 Å². The van der Waals surface area contributed by atoms with Gasteiger partial charge >= 0.3 is 0 Å². The number of para-hydroxylation sites is 1. The Labute approximate surface area is 178 Å². The van der Waals surface area contributed by atoms with Crippen LogP contribution in [0.15, 0.2) is 65.6 Å². The summed E-state index contributed by atoms with van der Waals surface area (Å²) in [7, 11) is 0. The molecule has 4 rings (SSSR count). The minimum Gasteiger partial charge on any atom is -0.350 e. The first-order chi connectivity index (χ1) is 14.5. The van der Waals surface area contributed by atoms with Crippen molar-refractivity contribution >= 4 is 28.3 Å². The maximum absolute atomic E-state index is 13.1. The van der Waals surface area contributed by atoms with Crippen molar-refractivity contribution in [3.63, 3.8) is 0 Å². The number of benzene rings is 2. The Morgan fingerprint density at radius 3 is 2.47 bits per heavy atom. The molecule has 2 heterocycles. The van der Waals surface area contributed by atoms with Gasteiger partial charge in [-0.15, -0.1) is 0 Å². The highest BCUT2D eigenvalue weighted by Crippen LogP contribution is 2.22. The second-order valence-corrected chi connectivity index (χ2v) is 7.52. The highest BCUT2D eigenvalue weighted by atomic mass is 35.5. The fourth-order valence-corrected chi connectivity index (χ4v) is 3.84. The Morgan fingerprint density at radius 2 is 1.73 bits per heavy atom. The molecule has 2 aromatic carbocycles. The van der Waals surface area contributed by atoms with Gasteiger partial charge in [-0.25, -0.2) is 0 Å². The molecule has 0 aliphatic rings. The zero-order chi connectivity index (χ0) is 21.3. The van der Waals surface area contributed by atoms with E-state index in [1.54, 1.807) is 12.3 Å². The van der Waals surface area contributed by atoms with Crippen molar-refractivity contribution in [3.8, 4) is 5.69 Å². The van der Waals surface area contributed by atoms with Crippen molar-refractivity contribution in [3.05, 3.63) is 93.1 Å². The topological polar surface area (TPSA) is 68.9 Å². The van der Waals surface area contributed by atoms with Gasteiger partial charge in [-0.2, -0.15) is 9.78 Å². The second-order valence-electron chi connectivity index (χ2n) is 7.11. The van der Waals surface area contributed by atoms with Crippen LogP contribution in [0.2, 0.25) is 5.02 Å². The van der Waals surface area contributed by atoms with Gasteiger partial charge in [0.25, 0.3) is 5.56 Å². The number of nitrogens with one attached hydrogen (secondary N) is 1. The monoisotopic (exact) mass is 420 g/mol. The Morgan fingerprint density at radius 1 is 1.03 bits per heavy atom. The Balaban J connectivity index is 1.63. The van der Waals surface area contributed by atoms with E-state index in [0.717, 1.165) is 22.3 Å². The van der Waals surface area contributed by atoms with Crippen LogP contribution in [0.4, 0.5) is 0 Å². The number of halogens is 1. The fourth-order valence-electron chi connectivity index (χ4n) is 3.63. The molecule has 6 nitrogen and oxygen atoms in total. The van der Waals surface area contributed by atoms with Crippen molar-refractivity contribution in [2.24, 2.45) is 0 Å². The van der Waals surface area contributed by atoms with Crippen molar-refractivity contribution in [2.45, 2.75) is 26.9 Å². The number of amides is 1. The van der Waals surface area contributed by atoms with E-state index in [1.165, 1.54) is 4.68 Å². The first kappa shape index (κ1) is 19.9. The first-order valence-electron chi connectivity index (χ1n) is 9.60. The van der Waals surface area contributed by atoms with Crippen LogP contribution < -0.4 is 10.9 Å². The lowest BCUT2D eigenvalue weighted by Crippen LogP contribution is -2.28. The summed E-state index contributed by atoms with van der Waals surface area (Å²) >= 11 is 6.15. The van der Waals surface area contributed by atoms with Gasteiger partial charge in [0.1, 0.15) is 6.54 Å². The number of hydrogen-bond donors (Lipinski definition) is 1. The number of aromatic nitrogens is 3. The van der Waals surface area contributed by atoms with Crippen LogP contribution in [-0.4, -0.2) is 20.3 Å². The van der Waals surface area contributed by atoms with E-state index in [-0.39, 0.29) is 18.0 Å². The van der Waals surface area contributed by atoms with Crippen LogP contribution in [0.25, 0.3) is 16.5 Å². The lowest BCUT2D eigenvalue weighted by molar-refractivity contribution is -0.121. The zero-order valence-electron chi connectivity index (χ0n) is 16.7. The Kier molecular flexibility index (Phi) is 5.42. The van der Waals surface area contributed by atoms with Crippen LogP contribution in [-0.2, 0) is 17.9 Å². The lowest BCUT2D eigenvalue weighted by Gasteiger charge is -2.10. The molecular weight excluding hydrogens is 400 g/mol. The number of aryl methyl sites for hydroxylation is 2. The molecule has 0 radical (unpaired) electrons. The third kappa shape index (κ3) is 3.62. The average molecular weight is 421 g/mol. The quantitative estimate of drug-likeness (QED) is 0.534. The standard InChI is InChI=1S/C23H21ClN4O2/c1-15-19-13-26-28(18-9-4-3-5-10-18)23(30)22(19)16(2)27(15)14-21(29)25-12-17-8-6-7-11-20(17)24/h3-11,13H,12,14H2,1-2H3,(H,25,29). The summed E-state index contributed by atoms with van der Waals surface area (Å²) in [6.45, 7) is 4.21. The summed E-state index contributed by atoms with van der Waals surface area (Å²) in [6, 6.07) is 16.7. The normalized spacial score (nSPS) is 11.0. The zero-order valence-corrected chi connectivity index (χ0v) is 17.5. The van der Waals surface area contributed by atoms with E-state index in [1.807, 2.05) is 66.9 Å². The molecular formula is C23H21ClN4O2. The smallest absolute Gasteiger partial charge is 0.281 e. The molecule has 1 amide bonds. The van der Waals surface area contributed by atoms with E-state index in [9.17, 15) is 9.59 Å². The van der Waals surface area contributed by atoms with Crippen LogP contribution in [0, 0.1) is 13.8 Å².